The number of carbonyl (C=O) groups is 3. The van der Waals surface area contributed by atoms with Crippen LogP contribution < -0.4 is 5.73 Å². The summed E-state index contributed by atoms with van der Waals surface area (Å²) in [5.74, 6) is -1.60. The van der Waals surface area contributed by atoms with Crippen molar-refractivity contribution in [2.24, 2.45) is 5.73 Å². The standard InChI is InChI=1S/C10H17N3O4/c1-2-3-12-5-9(15)13(6-8(12)14)4-7(11)10(16)17/h7H,2-6,11H2,1H3,(H,16,17). The summed E-state index contributed by atoms with van der Waals surface area (Å²) in [6.07, 6.45) is 0.785. The molecule has 1 unspecified atom stereocenters. The highest BCUT2D eigenvalue weighted by Gasteiger charge is 2.31. The molecule has 0 bridgehead atoms. The van der Waals surface area contributed by atoms with E-state index in [1.54, 1.807) is 0 Å². The Morgan fingerprint density at radius 1 is 1.35 bits per heavy atom. The van der Waals surface area contributed by atoms with Crippen molar-refractivity contribution in [3.05, 3.63) is 0 Å². The Kier molecular flexibility index (Phi) is 4.45. The van der Waals surface area contributed by atoms with Crippen molar-refractivity contribution in [2.45, 2.75) is 19.4 Å². The van der Waals surface area contributed by atoms with E-state index in [9.17, 15) is 14.4 Å². The molecule has 1 rings (SSSR count). The predicted molar refractivity (Wildman–Crippen MR) is 59.1 cm³/mol. The van der Waals surface area contributed by atoms with E-state index in [4.69, 9.17) is 10.8 Å². The monoisotopic (exact) mass is 243 g/mol. The Labute approximate surface area is 99.2 Å². The molecule has 1 fully saturated rings. The number of rotatable bonds is 5. The molecule has 7 heteroatoms. The molecule has 0 aliphatic carbocycles. The van der Waals surface area contributed by atoms with E-state index in [2.05, 4.69) is 0 Å². The fourth-order valence-electron chi connectivity index (χ4n) is 1.66. The van der Waals surface area contributed by atoms with Crippen LogP contribution in [0.5, 0.6) is 0 Å². The van der Waals surface area contributed by atoms with E-state index < -0.39 is 12.0 Å². The van der Waals surface area contributed by atoms with Gasteiger partial charge in [0.25, 0.3) is 0 Å². The molecule has 1 heterocycles. The van der Waals surface area contributed by atoms with E-state index in [1.165, 1.54) is 9.80 Å². The van der Waals surface area contributed by atoms with Gasteiger partial charge in [-0.3, -0.25) is 14.4 Å². The zero-order valence-corrected chi connectivity index (χ0v) is 9.76. The Morgan fingerprint density at radius 3 is 2.41 bits per heavy atom. The van der Waals surface area contributed by atoms with Gasteiger partial charge in [0.15, 0.2) is 0 Å². The summed E-state index contributed by atoms with van der Waals surface area (Å²) in [5.41, 5.74) is 5.33. The van der Waals surface area contributed by atoms with Crippen molar-refractivity contribution in [3.63, 3.8) is 0 Å². The van der Waals surface area contributed by atoms with Crippen molar-refractivity contribution in [1.29, 1.82) is 0 Å². The van der Waals surface area contributed by atoms with Crippen LogP contribution in [0.4, 0.5) is 0 Å². The summed E-state index contributed by atoms with van der Waals surface area (Å²) in [7, 11) is 0. The van der Waals surface area contributed by atoms with E-state index in [0.717, 1.165) is 6.42 Å². The Morgan fingerprint density at radius 2 is 1.88 bits per heavy atom. The smallest absolute Gasteiger partial charge is 0.322 e. The molecule has 1 saturated heterocycles. The molecule has 7 nitrogen and oxygen atoms in total. The maximum absolute atomic E-state index is 11.7. The molecule has 0 aromatic heterocycles. The van der Waals surface area contributed by atoms with Crippen molar-refractivity contribution in [2.75, 3.05) is 26.2 Å². The number of carboxylic acids is 1. The number of carbonyl (C=O) groups excluding carboxylic acids is 2. The topological polar surface area (TPSA) is 104 Å². The average molecular weight is 243 g/mol. The number of hydrogen-bond acceptors (Lipinski definition) is 4. The van der Waals surface area contributed by atoms with Crippen LogP contribution in [0.2, 0.25) is 0 Å². The van der Waals surface area contributed by atoms with Gasteiger partial charge in [-0.2, -0.15) is 0 Å². The fourth-order valence-corrected chi connectivity index (χ4v) is 1.66. The molecule has 0 saturated carbocycles. The molecular formula is C10H17N3O4. The van der Waals surface area contributed by atoms with E-state index in [1.807, 2.05) is 6.92 Å². The quantitative estimate of drug-likeness (QED) is 0.610. The summed E-state index contributed by atoms with van der Waals surface area (Å²) in [6.45, 7) is 2.27. The number of amides is 2. The predicted octanol–water partition coefficient (Wildman–Crippen LogP) is -1.52. The van der Waals surface area contributed by atoms with Crippen LogP contribution in [0, 0.1) is 0 Å². The molecule has 0 aromatic carbocycles. The van der Waals surface area contributed by atoms with Gasteiger partial charge in [-0.15, -0.1) is 0 Å². The summed E-state index contributed by atoms with van der Waals surface area (Å²) in [6, 6.07) is -1.15. The number of piperazine rings is 1. The number of nitrogens with zero attached hydrogens (tertiary/aromatic N) is 2. The zero-order valence-electron chi connectivity index (χ0n) is 9.76. The van der Waals surface area contributed by atoms with E-state index in [0.29, 0.717) is 6.54 Å². The zero-order chi connectivity index (χ0) is 13.0. The first-order valence-electron chi connectivity index (χ1n) is 5.49. The minimum Gasteiger partial charge on any atom is -0.480 e. The number of nitrogens with two attached hydrogens (primary N) is 1. The van der Waals surface area contributed by atoms with Gasteiger partial charge in [0, 0.05) is 13.1 Å². The van der Waals surface area contributed by atoms with E-state index >= 15 is 0 Å². The van der Waals surface area contributed by atoms with Crippen LogP contribution in [0.15, 0.2) is 0 Å². The van der Waals surface area contributed by atoms with Crippen LogP contribution in [0.3, 0.4) is 0 Å². The van der Waals surface area contributed by atoms with Crippen LogP contribution in [-0.4, -0.2) is 64.9 Å². The first-order valence-corrected chi connectivity index (χ1v) is 5.49. The second-order valence-corrected chi connectivity index (χ2v) is 4.03. The second-order valence-electron chi connectivity index (χ2n) is 4.03. The molecule has 1 aliphatic heterocycles. The lowest BCUT2D eigenvalue weighted by molar-refractivity contribution is -0.151. The average Bonchev–Trinajstić information content (AvgIpc) is 2.25. The summed E-state index contributed by atoms with van der Waals surface area (Å²) in [5, 5.41) is 8.64. The van der Waals surface area contributed by atoms with Gasteiger partial charge in [0.2, 0.25) is 11.8 Å². The first kappa shape index (κ1) is 13.4. The molecule has 0 spiro atoms. The first-order chi connectivity index (χ1) is 7.95. The Bertz CT molecular complexity index is 332. The van der Waals surface area contributed by atoms with Crippen LogP contribution in [-0.2, 0) is 14.4 Å². The molecule has 1 atom stereocenters. The lowest BCUT2D eigenvalue weighted by atomic mass is 10.2. The summed E-state index contributed by atoms with van der Waals surface area (Å²) >= 11 is 0. The normalized spacial score (nSPS) is 18.5. The highest BCUT2D eigenvalue weighted by Crippen LogP contribution is 2.06. The van der Waals surface area contributed by atoms with E-state index in [-0.39, 0.29) is 31.4 Å². The number of aliphatic carboxylic acids is 1. The largest absolute Gasteiger partial charge is 0.480 e. The van der Waals surface area contributed by atoms with Crippen molar-refractivity contribution in [1.82, 2.24) is 9.80 Å². The van der Waals surface area contributed by atoms with Gasteiger partial charge in [0.1, 0.15) is 6.04 Å². The van der Waals surface area contributed by atoms with Crippen molar-refractivity contribution < 1.29 is 19.5 Å². The Balaban J connectivity index is 2.58. The minimum atomic E-state index is -1.18. The van der Waals surface area contributed by atoms with Gasteiger partial charge in [0.05, 0.1) is 13.1 Å². The summed E-state index contributed by atoms with van der Waals surface area (Å²) in [4.78, 5) is 36.6. The molecule has 2 amide bonds. The maximum atomic E-state index is 11.7. The molecule has 96 valence electrons. The van der Waals surface area contributed by atoms with Crippen LogP contribution >= 0.6 is 0 Å². The third kappa shape index (κ3) is 3.42. The van der Waals surface area contributed by atoms with Crippen LogP contribution in [0.25, 0.3) is 0 Å². The van der Waals surface area contributed by atoms with Gasteiger partial charge < -0.3 is 20.6 Å². The van der Waals surface area contributed by atoms with Crippen LogP contribution in [0.1, 0.15) is 13.3 Å². The van der Waals surface area contributed by atoms with Gasteiger partial charge in [-0.1, -0.05) is 6.92 Å². The fraction of sp³-hybridized carbons (Fsp3) is 0.700. The molecule has 1 aliphatic rings. The second kappa shape index (κ2) is 5.62. The number of hydrogen-bond donors (Lipinski definition) is 2. The highest BCUT2D eigenvalue weighted by atomic mass is 16.4. The van der Waals surface area contributed by atoms with Gasteiger partial charge in [-0.25, -0.2) is 0 Å². The molecule has 17 heavy (non-hydrogen) atoms. The lowest BCUT2D eigenvalue weighted by Crippen LogP contribution is -2.57. The molecule has 0 aromatic rings. The highest BCUT2D eigenvalue weighted by molar-refractivity contribution is 5.92. The third-order valence-corrected chi connectivity index (χ3v) is 2.59. The number of carboxylic acid groups (broad SMARTS) is 1. The molecule has 3 N–H and O–H groups in total. The van der Waals surface area contributed by atoms with Crippen molar-refractivity contribution in [3.8, 4) is 0 Å². The van der Waals surface area contributed by atoms with Gasteiger partial charge in [-0.05, 0) is 6.42 Å². The molecule has 0 radical (unpaired) electrons. The third-order valence-electron chi connectivity index (χ3n) is 2.59. The summed E-state index contributed by atoms with van der Waals surface area (Å²) < 4.78 is 0. The SMILES string of the molecule is CCCN1CC(=O)N(CC(N)C(=O)O)CC1=O. The lowest BCUT2D eigenvalue weighted by Gasteiger charge is -2.34. The van der Waals surface area contributed by atoms with Crippen molar-refractivity contribution >= 4 is 17.8 Å². The molecular weight excluding hydrogens is 226 g/mol. The maximum Gasteiger partial charge on any atom is 0.322 e. The van der Waals surface area contributed by atoms with Gasteiger partial charge >= 0.3 is 5.97 Å². The Hall–Kier alpha value is -1.63. The minimum absolute atomic E-state index is 0.0129.